The number of fused-ring (bicyclic) bond motifs is 1. The highest BCUT2D eigenvalue weighted by Crippen LogP contribution is 2.23. The lowest BCUT2D eigenvalue weighted by atomic mass is 10.0. The minimum atomic E-state index is 0.942. The van der Waals surface area contributed by atoms with E-state index in [0.717, 1.165) is 16.8 Å². The van der Waals surface area contributed by atoms with Crippen LogP contribution in [0.25, 0.3) is 16.8 Å². The van der Waals surface area contributed by atoms with Crippen LogP contribution in [0.4, 0.5) is 0 Å². The standard InChI is InChI=1S/C14H13N3/c1-10-7-11(2)9-12(8-10)14-13-5-3-4-6-17(13)16-15-14/h3-9H,1-2H3. The highest BCUT2D eigenvalue weighted by molar-refractivity contribution is 5.76. The lowest BCUT2D eigenvalue weighted by molar-refractivity contribution is 0.857. The lowest BCUT2D eigenvalue weighted by Crippen LogP contribution is -1.85. The molecule has 0 atom stereocenters. The van der Waals surface area contributed by atoms with Gasteiger partial charge in [-0.1, -0.05) is 28.5 Å². The summed E-state index contributed by atoms with van der Waals surface area (Å²) < 4.78 is 1.80. The van der Waals surface area contributed by atoms with Gasteiger partial charge in [0.25, 0.3) is 0 Å². The molecular weight excluding hydrogens is 210 g/mol. The highest BCUT2D eigenvalue weighted by Gasteiger charge is 2.08. The molecule has 3 nitrogen and oxygen atoms in total. The van der Waals surface area contributed by atoms with Crippen LogP contribution < -0.4 is 0 Å². The number of benzene rings is 1. The first-order valence-corrected chi connectivity index (χ1v) is 5.63. The van der Waals surface area contributed by atoms with Crippen LogP contribution >= 0.6 is 0 Å². The monoisotopic (exact) mass is 223 g/mol. The first kappa shape index (κ1) is 10.0. The minimum Gasteiger partial charge on any atom is -0.220 e. The molecule has 0 aliphatic carbocycles. The summed E-state index contributed by atoms with van der Waals surface area (Å²) in [6.45, 7) is 4.20. The average molecular weight is 223 g/mol. The maximum atomic E-state index is 4.26. The van der Waals surface area contributed by atoms with Crippen LogP contribution in [0.1, 0.15) is 11.1 Å². The Hall–Kier alpha value is -2.16. The zero-order valence-electron chi connectivity index (χ0n) is 9.88. The fourth-order valence-corrected chi connectivity index (χ4v) is 2.16. The zero-order valence-corrected chi connectivity index (χ0v) is 9.88. The van der Waals surface area contributed by atoms with E-state index >= 15 is 0 Å². The third-order valence-corrected chi connectivity index (χ3v) is 2.82. The van der Waals surface area contributed by atoms with Crippen molar-refractivity contribution in [2.45, 2.75) is 13.8 Å². The molecule has 84 valence electrons. The van der Waals surface area contributed by atoms with Crippen LogP contribution in [0.5, 0.6) is 0 Å². The van der Waals surface area contributed by atoms with E-state index in [1.54, 1.807) is 4.52 Å². The van der Waals surface area contributed by atoms with Crippen molar-refractivity contribution in [3.63, 3.8) is 0 Å². The fraction of sp³-hybridized carbons (Fsp3) is 0.143. The maximum absolute atomic E-state index is 4.26. The number of aryl methyl sites for hydroxylation is 2. The van der Waals surface area contributed by atoms with Crippen LogP contribution in [-0.2, 0) is 0 Å². The van der Waals surface area contributed by atoms with Gasteiger partial charge in [0.1, 0.15) is 5.69 Å². The summed E-state index contributed by atoms with van der Waals surface area (Å²) in [5.41, 5.74) is 5.60. The van der Waals surface area contributed by atoms with Gasteiger partial charge in [0.15, 0.2) is 0 Å². The van der Waals surface area contributed by atoms with Gasteiger partial charge in [-0.3, -0.25) is 0 Å². The molecule has 0 unspecified atom stereocenters. The molecule has 3 heteroatoms. The quantitative estimate of drug-likeness (QED) is 0.634. The highest BCUT2D eigenvalue weighted by atomic mass is 15.4. The van der Waals surface area contributed by atoms with Gasteiger partial charge in [0.05, 0.1) is 5.52 Å². The van der Waals surface area contributed by atoms with Crippen molar-refractivity contribution in [3.8, 4) is 11.3 Å². The number of rotatable bonds is 1. The summed E-state index contributed by atoms with van der Waals surface area (Å²) in [4.78, 5) is 0. The normalized spacial score (nSPS) is 10.9. The number of hydrogen-bond acceptors (Lipinski definition) is 2. The Morgan fingerprint density at radius 2 is 1.76 bits per heavy atom. The predicted octanol–water partition coefficient (Wildman–Crippen LogP) is 3.01. The van der Waals surface area contributed by atoms with E-state index in [1.807, 2.05) is 24.4 Å². The predicted molar refractivity (Wildman–Crippen MR) is 67.9 cm³/mol. The van der Waals surface area contributed by atoms with Crippen LogP contribution in [0, 0.1) is 13.8 Å². The van der Waals surface area contributed by atoms with Crippen molar-refractivity contribution < 1.29 is 0 Å². The molecule has 0 spiro atoms. The number of pyridine rings is 1. The summed E-state index contributed by atoms with van der Waals surface area (Å²) in [6.07, 6.45) is 1.91. The molecule has 0 N–H and O–H groups in total. The van der Waals surface area contributed by atoms with Crippen molar-refractivity contribution in [2.24, 2.45) is 0 Å². The molecular formula is C14H13N3. The van der Waals surface area contributed by atoms with E-state index in [4.69, 9.17) is 0 Å². The van der Waals surface area contributed by atoms with E-state index in [1.165, 1.54) is 11.1 Å². The van der Waals surface area contributed by atoms with Crippen molar-refractivity contribution in [2.75, 3.05) is 0 Å². The van der Waals surface area contributed by atoms with Gasteiger partial charge in [0.2, 0.25) is 0 Å². The van der Waals surface area contributed by atoms with Crippen LogP contribution in [-0.4, -0.2) is 14.8 Å². The zero-order chi connectivity index (χ0) is 11.8. The molecule has 3 aromatic rings. The van der Waals surface area contributed by atoms with Gasteiger partial charge in [-0.15, -0.1) is 5.10 Å². The Morgan fingerprint density at radius 3 is 2.53 bits per heavy atom. The first-order chi connectivity index (χ1) is 8.24. The Balaban J connectivity index is 2.27. The fourth-order valence-electron chi connectivity index (χ4n) is 2.16. The topological polar surface area (TPSA) is 30.2 Å². The third kappa shape index (κ3) is 1.69. The maximum Gasteiger partial charge on any atom is 0.120 e. The number of nitrogens with zero attached hydrogens (tertiary/aromatic N) is 3. The molecule has 17 heavy (non-hydrogen) atoms. The van der Waals surface area contributed by atoms with E-state index in [9.17, 15) is 0 Å². The molecule has 3 rings (SSSR count). The SMILES string of the molecule is Cc1cc(C)cc(-c2nnn3ccccc23)c1. The van der Waals surface area contributed by atoms with Crippen molar-refractivity contribution >= 4 is 5.52 Å². The average Bonchev–Trinajstić information content (AvgIpc) is 2.71. The Morgan fingerprint density at radius 1 is 1.00 bits per heavy atom. The van der Waals surface area contributed by atoms with E-state index in [-0.39, 0.29) is 0 Å². The summed E-state index contributed by atoms with van der Waals surface area (Å²) in [6, 6.07) is 12.4. The second-order valence-electron chi connectivity index (χ2n) is 4.34. The molecule has 0 aliphatic rings. The van der Waals surface area contributed by atoms with E-state index in [0.29, 0.717) is 0 Å². The first-order valence-electron chi connectivity index (χ1n) is 5.63. The van der Waals surface area contributed by atoms with Crippen molar-refractivity contribution in [1.82, 2.24) is 14.8 Å². The van der Waals surface area contributed by atoms with Gasteiger partial charge in [-0.25, -0.2) is 4.52 Å². The summed E-state index contributed by atoms with van der Waals surface area (Å²) in [5, 5.41) is 8.38. The van der Waals surface area contributed by atoms with Gasteiger partial charge < -0.3 is 0 Å². The van der Waals surface area contributed by atoms with Gasteiger partial charge in [-0.05, 0) is 38.1 Å². The Kier molecular flexibility index (Phi) is 2.18. The Labute approximate surface area is 99.7 Å². The molecule has 0 saturated carbocycles. The molecule has 0 radical (unpaired) electrons. The molecule has 1 aromatic carbocycles. The summed E-state index contributed by atoms with van der Waals surface area (Å²) in [5.74, 6) is 0. The third-order valence-electron chi connectivity index (χ3n) is 2.82. The van der Waals surface area contributed by atoms with Crippen LogP contribution in [0.15, 0.2) is 42.6 Å². The van der Waals surface area contributed by atoms with Crippen molar-refractivity contribution in [1.29, 1.82) is 0 Å². The smallest absolute Gasteiger partial charge is 0.120 e. The summed E-state index contributed by atoms with van der Waals surface area (Å²) in [7, 11) is 0. The molecule has 0 saturated heterocycles. The molecule has 0 fully saturated rings. The van der Waals surface area contributed by atoms with E-state index in [2.05, 4.69) is 42.4 Å². The van der Waals surface area contributed by atoms with Crippen LogP contribution in [0.2, 0.25) is 0 Å². The molecule has 2 aromatic heterocycles. The minimum absolute atomic E-state index is 0.942. The van der Waals surface area contributed by atoms with Crippen LogP contribution in [0.3, 0.4) is 0 Å². The molecule has 2 heterocycles. The van der Waals surface area contributed by atoms with Gasteiger partial charge in [-0.2, -0.15) is 0 Å². The molecule has 0 aliphatic heterocycles. The summed E-state index contributed by atoms with van der Waals surface area (Å²) >= 11 is 0. The molecule has 0 amide bonds. The molecule has 0 bridgehead atoms. The Bertz CT molecular complexity index is 663. The second kappa shape index (κ2) is 3.70. The van der Waals surface area contributed by atoms with Gasteiger partial charge >= 0.3 is 0 Å². The largest absolute Gasteiger partial charge is 0.220 e. The number of hydrogen-bond donors (Lipinski definition) is 0. The van der Waals surface area contributed by atoms with E-state index < -0.39 is 0 Å². The van der Waals surface area contributed by atoms with Gasteiger partial charge in [0, 0.05) is 11.8 Å². The lowest BCUT2D eigenvalue weighted by Gasteiger charge is -2.02. The second-order valence-corrected chi connectivity index (χ2v) is 4.34. The number of aromatic nitrogens is 3. The van der Waals surface area contributed by atoms with Crippen molar-refractivity contribution in [3.05, 3.63) is 53.7 Å².